The Kier molecular flexibility index (Phi) is 6.02. The van der Waals surface area contributed by atoms with Crippen molar-refractivity contribution in [3.05, 3.63) is 24.3 Å². The third-order valence-electron chi connectivity index (χ3n) is 4.92. The number of benzene rings is 1. The lowest BCUT2D eigenvalue weighted by molar-refractivity contribution is -0.144. The van der Waals surface area contributed by atoms with Gasteiger partial charge in [0.05, 0.1) is 17.2 Å². The Morgan fingerprint density at radius 3 is 2.46 bits per heavy atom. The van der Waals surface area contributed by atoms with Crippen LogP contribution >= 0.6 is 0 Å². The number of ether oxygens (including phenoxy) is 1. The Balaban J connectivity index is 2.09. The molecule has 8 nitrogen and oxygen atoms in total. The average molecular weight is 407 g/mol. The average Bonchev–Trinajstić information content (AvgIpc) is 2.70. The molecule has 0 saturated carbocycles. The van der Waals surface area contributed by atoms with Gasteiger partial charge in [-0.25, -0.2) is 18.2 Å². The van der Waals surface area contributed by atoms with Gasteiger partial charge in [-0.05, 0) is 44.7 Å². The number of anilines is 1. The number of fused-ring (bicyclic) bond motifs is 1. The quantitative estimate of drug-likeness (QED) is 0.692. The summed E-state index contributed by atoms with van der Waals surface area (Å²) in [6, 6.07) is 5.47. The molecular formula is C19H25N3O5S. The molecule has 0 aliphatic carbocycles. The van der Waals surface area contributed by atoms with Gasteiger partial charge in [0, 0.05) is 13.1 Å². The van der Waals surface area contributed by atoms with Crippen molar-refractivity contribution >= 4 is 32.4 Å². The Morgan fingerprint density at radius 1 is 1.14 bits per heavy atom. The van der Waals surface area contributed by atoms with E-state index in [0.717, 1.165) is 19.3 Å². The maximum Gasteiger partial charge on any atom is 0.330 e. The number of hydrogen-bond acceptors (Lipinski definition) is 7. The monoisotopic (exact) mass is 407 g/mol. The number of esters is 1. The number of piperidine rings is 1. The van der Waals surface area contributed by atoms with E-state index < -0.39 is 32.8 Å². The molecule has 0 radical (unpaired) electrons. The molecule has 0 N–H and O–H groups in total. The minimum absolute atomic E-state index is 0.0203. The molecule has 0 spiro atoms. The van der Waals surface area contributed by atoms with E-state index in [2.05, 4.69) is 5.10 Å². The number of sulfone groups is 1. The fraction of sp³-hybridized carbons (Fsp3) is 0.526. The molecule has 0 aromatic heterocycles. The third kappa shape index (κ3) is 3.63. The summed E-state index contributed by atoms with van der Waals surface area (Å²) in [7, 11) is -4.08. The lowest BCUT2D eigenvalue weighted by atomic mass is 10.1. The van der Waals surface area contributed by atoms with Crippen LogP contribution in [-0.2, 0) is 24.2 Å². The van der Waals surface area contributed by atoms with E-state index in [1.807, 2.05) is 0 Å². The molecule has 9 heteroatoms. The van der Waals surface area contributed by atoms with Gasteiger partial charge < -0.3 is 9.64 Å². The molecule has 1 aromatic carbocycles. The van der Waals surface area contributed by atoms with Gasteiger partial charge in [0.15, 0.2) is 0 Å². The lowest BCUT2D eigenvalue weighted by Gasteiger charge is -2.33. The fourth-order valence-corrected chi connectivity index (χ4v) is 4.95. The Morgan fingerprint density at radius 2 is 1.82 bits per heavy atom. The highest BCUT2D eigenvalue weighted by Crippen LogP contribution is 2.34. The number of hydrazone groups is 1. The number of carbonyl (C=O) groups is 2. The molecule has 0 unspecified atom stereocenters. The maximum absolute atomic E-state index is 13.1. The first-order valence-electron chi connectivity index (χ1n) is 9.59. The van der Waals surface area contributed by atoms with Crippen LogP contribution in [0.1, 0.15) is 39.5 Å². The van der Waals surface area contributed by atoms with Gasteiger partial charge in [0.2, 0.25) is 14.9 Å². The number of carbonyl (C=O) groups excluding carboxylic acids is 2. The van der Waals surface area contributed by atoms with E-state index in [1.165, 1.54) is 16.0 Å². The van der Waals surface area contributed by atoms with Crippen LogP contribution in [0.2, 0.25) is 0 Å². The van der Waals surface area contributed by atoms with Crippen molar-refractivity contribution < 1.29 is 22.7 Å². The van der Waals surface area contributed by atoms with Crippen molar-refractivity contribution in [1.82, 2.24) is 4.90 Å². The summed E-state index contributed by atoms with van der Waals surface area (Å²) in [6.07, 6.45) is 3.03. The SMILES string of the molecule is CCOC(=O)[C@H](CC)N1N=C(C(=O)N2CCCCC2)S(=O)(=O)c2ccccc21. The summed E-state index contributed by atoms with van der Waals surface area (Å²) < 4.78 is 31.4. The largest absolute Gasteiger partial charge is 0.464 e. The number of para-hydroxylation sites is 1. The van der Waals surface area contributed by atoms with Crippen molar-refractivity contribution in [2.45, 2.75) is 50.5 Å². The van der Waals surface area contributed by atoms with Crippen LogP contribution in [0.5, 0.6) is 0 Å². The van der Waals surface area contributed by atoms with Gasteiger partial charge in [-0.15, -0.1) is 0 Å². The Labute approximate surface area is 165 Å². The van der Waals surface area contributed by atoms with Crippen LogP contribution in [0, 0.1) is 0 Å². The first-order chi connectivity index (χ1) is 13.4. The molecular weight excluding hydrogens is 382 g/mol. The van der Waals surface area contributed by atoms with Crippen molar-refractivity contribution in [1.29, 1.82) is 0 Å². The second kappa shape index (κ2) is 8.30. The van der Waals surface area contributed by atoms with E-state index >= 15 is 0 Å². The molecule has 28 heavy (non-hydrogen) atoms. The standard InChI is InChI=1S/C19H25N3O5S/c1-3-14(19(24)27-4-2)22-15-10-6-7-11-16(15)28(25,26)17(20-22)18(23)21-12-8-5-9-13-21/h6-7,10-11,14H,3-5,8-9,12-13H2,1-2H3/t14-/m0/s1. The molecule has 2 aliphatic heterocycles. The molecule has 1 amide bonds. The zero-order chi connectivity index (χ0) is 20.3. The topological polar surface area (TPSA) is 96.3 Å². The molecule has 1 atom stereocenters. The summed E-state index contributed by atoms with van der Waals surface area (Å²) >= 11 is 0. The van der Waals surface area contributed by atoms with E-state index in [9.17, 15) is 18.0 Å². The van der Waals surface area contributed by atoms with Gasteiger partial charge in [0.1, 0.15) is 6.04 Å². The van der Waals surface area contributed by atoms with Gasteiger partial charge in [-0.1, -0.05) is 19.1 Å². The maximum atomic E-state index is 13.1. The molecule has 2 heterocycles. The summed E-state index contributed by atoms with van der Waals surface area (Å²) in [5.74, 6) is -1.12. The highest BCUT2D eigenvalue weighted by atomic mass is 32.2. The normalized spacial score (nSPS) is 19.4. The van der Waals surface area contributed by atoms with E-state index in [0.29, 0.717) is 19.5 Å². The van der Waals surface area contributed by atoms with Gasteiger partial charge in [0.25, 0.3) is 5.91 Å². The van der Waals surface area contributed by atoms with Crippen molar-refractivity contribution in [3.8, 4) is 0 Å². The number of amides is 1. The minimum atomic E-state index is -4.08. The number of rotatable bonds is 5. The predicted molar refractivity (Wildman–Crippen MR) is 105 cm³/mol. The highest BCUT2D eigenvalue weighted by Gasteiger charge is 2.42. The van der Waals surface area contributed by atoms with Crippen molar-refractivity contribution in [2.75, 3.05) is 24.7 Å². The van der Waals surface area contributed by atoms with E-state index in [-0.39, 0.29) is 17.2 Å². The number of nitrogens with zero attached hydrogens (tertiary/aromatic N) is 3. The summed E-state index contributed by atoms with van der Waals surface area (Å²) in [6.45, 7) is 4.70. The Bertz CT molecular complexity index is 891. The lowest BCUT2D eigenvalue weighted by Crippen LogP contribution is -2.48. The zero-order valence-electron chi connectivity index (χ0n) is 16.1. The molecule has 1 saturated heterocycles. The van der Waals surface area contributed by atoms with Crippen LogP contribution in [0.25, 0.3) is 0 Å². The molecule has 0 bridgehead atoms. The van der Waals surface area contributed by atoms with Crippen LogP contribution in [0.15, 0.2) is 34.3 Å². The molecule has 152 valence electrons. The summed E-state index contributed by atoms with van der Waals surface area (Å²) in [5, 5.41) is 4.99. The van der Waals surface area contributed by atoms with Gasteiger partial charge in [-0.3, -0.25) is 4.79 Å². The molecule has 3 rings (SSSR count). The second-order valence-electron chi connectivity index (χ2n) is 6.75. The van der Waals surface area contributed by atoms with Crippen LogP contribution in [-0.4, -0.2) is 56.0 Å². The van der Waals surface area contributed by atoms with Crippen LogP contribution in [0.4, 0.5) is 5.69 Å². The van der Waals surface area contributed by atoms with Gasteiger partial charge in [-0.2, -0.15) is 5.10 Å². The van der Waals surface area contributed by atoms with E-state index in [4.69, 9.17) is 4.74 Å². The molecule has 1 aromatic rings. The minimum Gasteiger partial charge on any atom is -0.464 e. The number of likely N-dealkylation sites (tertiary alicyclic amines) is 1. The number of hydrogen-bond donors (Lipinski definition) is 0. The van der Waals surface area contributed by atoms with Crippen LogP contribution < -0.4 is 5.01 Å². The molecule has 1 fully saturated rings. The fourth-order valence-electron chi connectivity index (χ4n) is 3.49. The van der Waals surface area contributed by atoms with E-state index in [1.54, 1.807) is 32.0 Å². The summed E-state index contributed by atoms with van der Waals surface area (Å²) in [4.78, 5) is 27.0. The van der Waals surface area contributed by atoms with Crippen molar-refractivity contribution in [2.24, 2.45) is 5.10 Å². The summed E-state index contributed by atoms with van der Waals surface area (Å²) in [5.41, 5.74) is 0.276. The zero-order valence-corrected chi connectivity index (χ0v) is 16.9. The molecule has 2 aliphatic rings. The first kappa shape index (κ1) is 20.3. The smallest absolute Gasteiger partial charge is 0.330 e. The second-order valence-corrected chi connectivity index (χ2v) is 8.58. The predicted octanol–water partition coefficient (Wildman–Crippen LogP) is 1.95. The third-order valence-corrected chi connectivity index (χ3v) is 6.61. The Hall–Kier alpha value is -2.42. The highest BCUT2D eigenvalue weighted by molar-refractivity contribution is 8.08. The van der Waals surface area contributed by atoms with Gasteiger partial charge >= 0.3 is 5.97 Å². The first-order valence-corrected chi connectivity index (χ1v) is 11.1. The van der Waals surface area contributed by atoms with Crippen molar-refractivity contribution in [3.63, 3.8) is 0 Å². The van der Waals surface area contributed by atoms with Crippen LogP contribution in [0.3, 0.4) is 0 Å².